The van der Waals surface area contributed by atoms with Crippen LogP contribution in [-0.2, 0) is 19.6 Å². The van der Waals surface area contributed by atoms with Gasteiger partial charge in [-0.25, -0.2) is 0 Å². The summed E-state index contributed by atoms with van der Waals surface area (Å²) in [5.74, 6) is 0. The molecule has 2 nitrogen and oxygen atoms in total. The van der Waals surface area contributed by atoms with Gasteiger partial charge in [0.25, 0.3) is 0 Å². The summed E-state index contributed by atoms with van der Waals surface area (Å²) in [6, 6.07) is 13.0. The molecule has 0 aliphatic heterocycles. The summed E-state index contributed by atoms with van der Waals surface area (Å²) in [6.45, 7) is 2.95. The summed E-state index contributed by atoms with van der Waals surface area (Å²) < 4.78 is 0. The molecule has 2 aromatic rings. The number of thiophene rings is 1. The largest absolute Gasteiger partial charge is 0.316 e. The van der Waals surface area contributed by atoms with Crippen LogP contribution >= 0.6 is 11.3 Å². The maximum absolute atomic E-state index is 3.23. The van der Waals surface area contributed by atoms with E-state index in [-0.39, 0.29) is 0 Å². The van der Waals surface area contributed by atoms with Crippen molar-refractivity contribution in [2.45, 2.75) is 19.6 Å². The van der Waals surface area contributed by atoms with Crippen molar-refractivity contribution in [3.8, 4) is 0 Å². The van der Waals surface area contributed by atoms with Crippen molar-refractivity contribution in [1.82, 2.24) is 10.2 Å². The zero-order valence-corrected chi connectivity index (χ0v) is 11.8. The van der Waals surface area contributed by atoms with Crippen molar-refractivity contribution in [3.05, 3.63) is 57.8 Å². The minimum Gasteiger partial charge on any atom is -0.316 e. The maximum atomic E-state index is 3.23. The monoisotopic (exact) mass is 260 g/mol. The van der Waals surface area contributed by atoms with Gasteiger partial charge in [0.2, 0.25) is 0 Å². The first-order valence-electron chi connectivity index (χ1n) is 6.22. The van der Waals surface area contributed by atoms with Gasteiger partial charge in [-0.15, -0.1) is 11.3 Å². The first kappa shape index (κ1) is 13.3. The van der Waals surface area contributed by atoms with Crippen molar-refractivity contribution in [3.63, 3.8) is 0 Å². The number of benzene rings is 1. The van der Waals surface area contributed by atoms with E-state index in [9.17, 15) is 0 Å². The molecule has 0 aliphatic rings. The lowest BCUT2D eigenvalue weighted by Gasteiger charge is -2.18. The normalized spacial score (nSPS) is 11.1. The Morgan fingerprint density at radius 3 is 2.50 bits per heavy atom. The Labute approximate surface area is 113 Å². The second kappa shape index (κ2) is 6.69. The highest BCUT2D eigenvalue weighted by Gasteiger charge is 2.06. The van der Waals surface area contributed by atoms with E-state index in [1.54, 1.807) is 0 Å². The predicted octanol–water partition coefficient (Wildman–Crippen LogP) is 3.10. The van der Waals surface area contributed by atoms with Crippen LogP contribution in [0.5, 0.6) is 0 Å². The van der Waals surface area contributed by atoms with Crippen LogP contribution in [0.15, 0.2) is 41.8 Å². The zero-order chi connectivity index (χ0) is 12.8. The maximum Gasteiger partial charge on any atom is 0.0328 e. The van der Waals surface area contributed by atoms with Crippen LogP contribution in [0, 0.1) is 0 Å². The van der Waals surface area contributed by atoms with Gasteiger partial charge >= 0.3 is 0 Å². The highest BCUT2D eigenvalue weighted by atomic mass is 32.1. The molecule has 0 saturated heterocycles. The van der Waals surface area contributed by atoms with Crippen molar-refractivity contribution >= 4 is 11.3 Å². The Hall–Kier alpha value is -1.16. The van der Waals surface area contributed by atoms with E-state index < -0.39 is 0 Å². The van der Waals surface area contributed by atoms with E-state index in [4.69, 9.17) is 0 Å². The van der Waals surface area contributed by atoms with Gasteiger partial charge in [0.15, 0.2) is 0 Å². The molecular formula is C15H20N2S. The Bertz CT molecular complexity index is 465. The molecule has 0 aliphatic carbocycles. The predicted molar refractivity (Wildman–Crippen MR) is 78.7 cm³/mol. The van der Waals surface area contributed by atoms with Gasteiger partial charge < -0.3 is 5.32 Å². The summed E-state index contributed by atoms with van der Waals surface area (Å²) in [6.07, 6.45) is 0. The summed E-state index contributed by atoms with van der Waals surface area (Å²) in [7, 11) is 4.17. The fourth-order valence-electron chi connectivity index (χ4n) is 2.09. The topological polar surface area (TPSA) is 15.3 Å². The molecular weight excluding hydrogens is 240 g/mol. The van der Waals surface area contributed by atoms with E-state index in [2.05, 4.69) is 59.0 Å². The van der Waals surface area contributed by atoms with E-state index >= 15 is 0 Å². The highest BCUT2D eigenvalue weighted by Crippen LogP contribution is 2.15. The third-order valence-electron chi connectivity index (χ3n) is 2.93. The minimum atomic E-state index is 0.934. The lowest BCUT2D eigenvalue weighted by molar-refractivity contribution is 0.321. The standard InChI is InChI=1S/C15H20N2S/c1-16-10-13-6-3-4-7-14(13)11-17(2)12-15-8-5-9-18-15/h3-9,16H,10-12H2,1-2H3. The van der Waals surface area contributed by atoms with Crippen molar-refractivity contribution in [1.29, 1.82) is 0 Å². The molecule has 0 bridgehead atoms. The van der Waals surface area contributed by atoms with E-state index in [0.29, 0.717) is 0 Å². The van der Waals surface area contributed by atoms with Crippen molar-refractivity contribution in [2.75, 3.05) is 14.1 Å². The molecule has 1 aromatic heterocycles. The number of nitrogens with one attached hydrogen (secondary N) is 1. The molecule has 1 N–H and O–H groups in total. The Kier molecular flexibility index (Phi) is 4.93. The molecule has 0 fully saturated rings. The van der Waals surface area contributed by atoms with Crippen LogP contribution in [0.3, 0.4) is 0 Å². The second-order valence-electron chi connectivity index (χ2n) is 4.55. The summed E-state index contributed by atoms with van der Waals surface area (Å²) >= 11 is 1.82. The molecule has 18 heavy (non-hydrogen) atoms. The van der Waals surface area contributed by atoms with Gasteiger partial charge in [-0.1, -0.05) is 30.3 Å². The van der Waals surface area contributed by atoms with Gasteiger partial charge in [-0.3, -0.25) is 4.90 Å². The SMILES string of the molecule is CNCc1ccccc1CN(C)Cc1cccs1. The number of rotatable bonds is 6. The Morgan fingerprint density at radius 1 is 1.06 bits per heavy atom. The zero-order valence-electron chi connectivity index (χ0n) is 11.0. The van der Waals surface area contributed by atoms with Gasteiger partial charge in [-0.2, -0.15) is 0 Å². The lowest BCUT2D eigenvalue weighted by Crippen LogP contribution is -2.18. The van der Waals surface area contributed by atoms with Crippen LogP contribution < -0.4 is 5.32 Å². The van der Waals surface area contributed by atoms with Crippen molar-refractivity contribution in [2.24, 2.45) is 0 Å². The molecule has 0 radical (unpaired) electrons. The van der Waals surface area contributed by atoms with E-state index in [1.165, 1.54) is 16.0 Å². The molecule has 3 heteroatoms. The molecule has 0 amide bonds. The molecule has 0 spiro atoms. The number of nitrogens with zero attached hydrogens (tertiary/aromatic N) is 1. The van der Waals surface area contributed by atoms with Crippen LogP contribution in [0.4, 0.5) is 0 Å². The molecule has 96 valence electrons. The van der Waals surface area contributed by atoms with Gasteiger partial charge in [0.05, 0.1) is 0 Å². The molecule has 0 saturated carbocycles. The van der Waals surface area contributed by atoms with Crippen LogP contribution in [0.2, 0.25) is 0 Å². The van der Waals surface area contributed by atoms with Gasteiger partial charge in [0.1, 0.15) is 0 Å². The number of hydrogen-bond acceptors (Lipinski definition) is 3. The highest BCUT2D eigenvalue weighted by molar-refractivity contribution is 7.09. The smallest absolute Gasteiger partial charge is 0.0328 e. The van der Waals surface area contributed by atoms with Gasteiger partial charge in [-0.05, 0) is 36.7 Å². The summed E-state index contributed by atoms with van der Waals surface area (Å²) in [4.78, 5) is 3.78. The van der Waals surface area contributed by atoms with E-state index in [1.807, 2.05) is 18.4 Å². The van der Waals surface area contributed by atoms with Crippen LogP contribution in [0.25, 0.3) is 0 Å². The van der Waals surface area contributed by atoms with E-state index in [0.717, 1.165) is 19.6 Å². The average molecular weight is 260 g/mol. The quantitative estimate of drug-likeness (QED) is 0.858. The minimum absolute atomic E-state index is 0.934. The van der Waals surface area contributed by atoms with Crippen LogP contribution in [0.1, 0.15) is 16.0 Å². The lowest BCUT2D eigenvalue weighted by atomic mass is 10.1. The Balaban J connectivity index is 2.00. The second-order valence-corrected chi connectivity index (χ2v) is 5.58. The molecule has 0 unspecified atom stereocenters. The van der Waals surface area contributed by atoms with Crippen LogP contribution in [-0.4, -0.2) is 19.0 Å². The molecule has 1 heterocycles. The first-order valence-corrected chi connectivity index (χ1v) is 7.10. The first-order chi connectivity index (χ1) is 8.79. The molecule has 2 rings (SSSR count). The van der Waals surface area contributed by atoms with Crippen molar-refractivity contribution < 1.29 is 0 Å². The summed E-state index contributed by atoms with van der Waals surface area (Å²) in [5, 5.41) is 5.36. The fourth-order valence-corrected chi connectivity index (χ4v) is 2.87. The number of hydrogen-bond donors (Lipinski definition) is 1. The van der Waals surface area contributed by atoms with Gasteiger partial charge in [0, 0.05) is 24.5 Å². The molecule has 0 atom stereocenters. The third-order valence-corrected chi connectivity index (χ3v) is 3.79. The summed E-state index contributed by atoms with van der Waals surface area (Å²) in [5.41, 5.74) is 2.80. The third kappa shape index (κ3) is 3.67. The molecule has 1 aromatic carbocycles. The average Bonchev–Trinajstić information content (AvgIpc) is 2.84. The fraction of sp³-hybridized carbons (Fsp3) is 0.333. The Morgan fingerprint density at radius 2 is 1.83 bits per heavy atom.